The number of rotatable bonds is 1. The highest BCUT2D eigenvalue weighted by molar-refractivity contribution is 5.80. The van der Waals surface area contributed by atoms with Gasteiger partial charge in [0.15, 0.2) is 0 Å². The Morgan fingerprint density at radius 3 is 2.38 bits per heavy atom. The van der Waals surface area contributed by atoms with Crippen LogP contribution in [-0.2, 0) is 4.79 Å². The number of nitrogens with zero attached hydrogens (tertiary/aromatic N) is 1. The molecule has 2 fully saturated rings. The van der Waals surface area contributed by atoms with Crippen LogP contribution in [0.25, 0.3) is 0 Å². The number of piperidine rings is 2. The summed E-state index contributed by atoms with van der Waals surface area (Å²) in [5, 5.41) is 0. The third-order valence-corrected chi connectivity index (χ3v) is 4.51. The number of Topliss-reactive ketones (excluding diaryl/α,β-unsaturated/α-hetero) is 1. The minimum atomic E-state index is 0.511. The summed E-state index contributed by atoms with van der Waals surface area (Å²) in [5.41, 5.74) is 0. The second kappa shape index (κ2) is 4.33. The molecule has 0 aromatic heterocycles. The number of ketones is 1. The van der Waals surface area contributed by atoms with Crippen molar-refractivity contribution in [2.24, 2.45) is 0 Å². The average molecular weight is 219 g/mol. The van der Waals surface area contributed by atoms with Crippen molar-refractivity contribution < 1.29 is 4.79 Å². The summed E-state index contributed by atoms with van der Waals surface area (Å²) in [6, 6.07) is 1.89. The summed E-state index contributed by atoms with van der Waals surface area (Å²) in [4.78, 5) is 14.4. The van der Waals surface area contributed by atoms with Gasteiger partial charge in [-0.2, -0.15) is 0 Å². The summed E-state index contributed by atoms with van der Waals surface area (Å²) >= 11 is 0. The van der Waals surface area contributed by atoms with Crippen LogP contribution in [0.15, 0.2) is 12.2 Å². The van der Waals surface area contributed by atoms with Crippen molar-refractivity contribution >= 4 is 5.78 Å². The Bertz CT molecular complexity index is 291. The van der Waals surface area contributed by atoms with Crippen molar-refractivity contribution in [3.05, 3.63) is 12.2 Å². The van der Waals surface area contributed by atoms with Gasteiger partial charge >= 0.3 is 0 Å². The highest BCUT2D eigenvalue weighted by atomic mass is 16.1. The van der Waals surface area contributed by atoms with Gasteiger partial charge in [-0.05, 0) is 32.1 Å². The van der Waals surface area contributed by atoms with Crippen molar-refractivity contribution in [2.45, 2.75) is 69.5 Å². The van der Waals surface area contributed by atoms with Crippen LogP contribution in [0.2, 0.25) is 0 Å². The van der Waals surface area contributed by atoms with E-state index in [4.69, 9.17) is 0 Å². The van der Waals surface area contributed by atoms with E-state index >= 15 is 0 Å². The van der Waals surface area contributed by atoms with Crippen LogP contribution >= 0.6 is 0 Å². The van der Waals surface area contributed by atoms with Gasteiger partial charge in [-0.25, -0.2) is 0 Å². The molecule has 3 aliphatic rings. The smallest absolute Gasteiger partial charge is 0.136 e. The molecule has 0 aromatic carbocycles. The summed E-state index contributed by atoms with van der Waals surface area (Å²) in [7, 11) is 0. The average Bonchev–Trinajstić information content (AvgIpc) is 2.29. The van der Waals surface area contributed by atoms with Crippen LogP contribution in [0.5, 0.6) is 0 Å². The van der Waals surface area contributed by atoms with Crippen molar-refractivity contribution in [3.8, 4) is 0 Å². The van der Waals surface area contributed by atoms with Gasteiger partial charge in [0.2, 0.25) is 0 Å². The lowest BCUT2D eigenvalue weighted by molar-refractivity contribution is -0.129. The second-order valence-corrected chi connectivity index (χ2v) is 5.57. The van der Waals surface area contributed by atoms with Gasteiger partial charge in [0, 0.05) is 31.0 Å². The highest BCUT2D eigenvalue weighted by Crippen LogP contribution is 2.36. The first kappa shape index (κ1) is 10.5. The van der Waals surface area contributed by atoms with E-state index in [1.54, 1.807) is 0 Å². The number of hydrogen-bond acceptors (Lipinski definition) is 2. The number of fused-ring (bicyclic) bond motifs is 2. The van der Waals surface area contributed by atoms with E-state index in [9.17, 15) is 4.79 Å². The highest BCUT2D eigenvalue weighted by Gasteiger charge is 2.40. The molecule has 88 valence electrons. The molecule has 2 saturated heterocycles. The molecular formula is C14H21NO. The van der Waals surface area contributed by atoms with Crippen LogP contribution in [-0.4, -0.2) is 28.8 Å². The zero-order valence-corrected chi connectivity index (χ0v) is 9.90. The van der Waals surface area contributed by atoms with Crippen molar-refractivity contribution in [3.63, 3.8) is 0 Å². The van der Waals surface area contributed by atoms with E-state index in [2.05, 4.69) is 17.1 Å². The maximum atomic E-state index is 11.7. The molecule has 2 bridgehead atoms. The Balaban J connectivity index is 1.77. The molecule has 16 heavy (non-hydrogen) atoms. The molecular weight excluding hydrogens is 198 g/mol. The van der Waals surface area contributed by atoms with E-state index in [1.807, 2.05) is 0 Å². The van der Waals surface area contributed by atoms with Crippen LogP contribution in [0.3, 0.4) is 0 Å². The maximum Gasteiger partial charge on any atom is 0.136 e. The lowest BCUT2D eigenvalue weighted by atomic mass is 9.81. The first-order valence-electron chi connectivity index (χ1n) is 6.79. The largest absolute Gasteiger partial charge is 0.300 e. The molecule has 0 amide bonds. The molecule has 2 aliphatic heterocycles. The first-order valence-corrected chi connectivity index (χ1v) is 6.79. The second-order valence-electron chi connectivity index (χ2n) is 5.57. The molecule has 2 heteroatoms. The molecule has 0 aromatic rings. The van der Waals surface area contributed by atoms with E-state index in [0.717, 1.165) is 18.9 Å². The summed E-state index contributed by atoms with van der Waals surface area (Å²) in [5.74, 6) is 0.511. The Morgan fingerprint density at radius 1 is 1.00 bits per heavy atom. The standard InChI is InChI=1S/C14H21NO/c16-14-9-12-7-4-8-13(10-14)15(12)11-5-2-1-3-6-11/h1-2,11-13H,3-10H2. The molecule has 2 heterocycles. The Kier molecular flexibility index (Phi) is 2.84. The number of allylic oxidation sites excluding steroid dienone is 1. The van der Waals surface area contributed by atoms with E-state index in [1.165, 1.54) is 38.5 Å². The molecule has 0 saturated carbocycles. The minimum absolute atomic E-state index is 0.511. The minimum Gasteiger partial charge on any atom is -0.300 e. The number of carbonyl (C=O) groups excluding carboxylic acids is 1. The maximum absolute atomic E-state index is 11.7. The lowest BCUT2D eigenvalue weighted by Crippen LogP contribution is -2.56. The topological polar surface area (TPSA) is 20.3 Å². The van der Waals surface area contributed by atoms with Crippen molar-refractivity contribution in [1.82, 2.24) is 4.90 Å². The SMILES string of the molecule is O=C1CC2CCCC(C1)N2C1CC=CCC1. The van der Waals surface area contributed by atoms with Gasteiger partial charge in [-0.1, -0.05) is 18.6 Å². The normalized spacial score (nSPS) is 40.0. The van der Waals surface area contributed by atoms with Crippen LogP contribution < -0.4 is 0 Å². The summed E-state index contributed by atoms with van der Waals surface area (Å²) in [6.45, 7) is 0. The molecule has 1 aliphatic carbocycles. The van der Waals surface area contributed by atoms with E-state index in [0.29, 0.717) is 17.9 Å². The monoisotopic (exact) mass is 219 g/mol. The zero-order chi connectivity index (χ0) is 11.0. The van der Waals surface area contributed by atoms with Gasteiger partial charge in [-0.3, -0.25) is 9.69 Å². The van der Waals surface area contributed by atoms with Gasteiger partial charge in [0.25, 0.3) is 0 Å². The summed E-state index contributed by atoms with van der Waals surface area (Å²) in [6.07, 6.45) is 13.9. The van der Waals surface area contributed by atoms with Crippen molar-refractivity contribution in [1.29, 1.82) is 0 Å². The fraction of sp³-hybridized carbons (Fsp3) is 0.786. The Labute approximate surface area is 97.7 Å². The lowest BCUT2D eigenvalue weighted by Gasteiger charge is -2.50. The molecule has 3 atom stereocenters. The number of hydrogen-bond donors (Lipinski definition) is 0. The summed E-state index contributed by atoms with van der Waals surface area (Å²) < 4.78 is 0. The van der Waals surface area contributed by atoms with E-state index < -0.39 is 0 Å². The molecule has 0 spiro atoms. The fourth-order valence-electron chi connectivity index (χ4n) is 3.85. The predicted molar refractivity (Wildman–Crippen MR) is 64.3 cm³/mol. The molecule has 3 unspecified atom stereocenters. The third kappa shape index (κ3) is 1.84. The Hall–Kier alpha value is -0.630. The van der Waals surface area contributed by atoms with E-state index in [-0.39, 0.29) is 0 Å². The Morgan fingerprint density at radius 2 is 1.75 bits per heavy atom. The van der Waals surface area contributed by atoms with Crippen LogP contribution in [0.4, 0.5) is 0 Å². The number of carbonyl (C=O) groups is 1. The van der Waals surface area contributed by atoms with Crippen LogP contribution in [0, 0.1) is 0 Å². The van der Waals surface area contributed by atoms with Gasteiger partial charge in [-0.15, -0.1) is 0 Å². The predicted octanol–water partition coefficient (Wildman–Crippen LogP) is 2.68. The molecule has 0 N–H and O–H groups in total. The molecule has 2 nitrogen and oxygen atoms in total. The zero-order valence-electron chi connectivity index (χ0n) is 9.90. The quantitative estimate of drug-likeness (QED) is 0.632. The molecule has 0 radical (unpaired) electrons. The third-order valence-electron chi connectivity index (χ3n) is 4.51. The first-order chi connectivity index (χ1) is 7.84. The van der Waals surface area contributed by atoms with Crippen molar-refractivity contribution in [2.75, 3.05) is 0 Å². The van der Waals surface area contributed by atoms with Gasteiger partial charge < -0.3 is 0 Å². The fourth-order valence-corrected chi connectivity index (χ4v) is 3.85. The molecule has 3 rings (SSSR count). The van der Waals surface area contributed by atoms with Gasteiger partial charge in [0.05, 0.1) is 0 Å². The van der Waals surface area contributed by atoms with Gasteiger partial charge in [0.1, 0.15) is 5.78 Å². The van der Waals surface area contributed by atoms with Crippen LogP contribution in [0.1, 0.15) is 51.4 Å².